The molecule has 0 spiro atoms. The first-order valence-electron chi connectivity index (χ1n) is 7.99. The van der Waals surface area contributed by atoms with Crippen LogP contribution in [0.2, 0.25) is 5.02 Å². The number of likely N-dealkylation sites (N-methyl/N-ethyl adjacent to an activating group) is 1. The molecular weight excluding hydrogens is 328 g/mol. The van der Waals surface area contributed by atoms with Crippen molar-refractivity contribution in [3.63, 3.8) is 0 Å². The van der Waals surface area contributed by atoms with E-state index in [9.17, 15) is 4.79 Å². The summed E-state index contributed by atoms with van der Waals surface area (Å²) in [6.07, 6.45) is 1.63. The minimum absolute atomic E-state index is 0.153. The molecule has 1 saturated heterocycles. The van der Waals surface area contributed by atoms with Crippen LogP contribution in [0.4, 0.5) is 0 Å². The summed E-state index contributed by atoms with van der Waals surface area (Å²) in [6, 6.07) is 7.35. The predicted molar refractivity (Wildman–Crippen MR) is 92.7 cm³/mol. The summed E-state index contributed by atoms with van der Waals surface area (Å²) in [6.45, 7) is 4.22. The van der Waals surface area contributed by atoms with Crippen LogP contribution >= 0.6 is 11.6 Å². The van der Waals surface area contributed by atoms with Gasteiger partial charge in [0.25, 0.3) is 0 Å². The van der Waals surface area contributed by atoms with Gasteiger partial charge in [-0.2, -0.15) is 0 Å². The zero-order valence-electron chi connectivity index (χ0n) is 13.7. The van der Waals surface area contributed by atoms with Crippen molar-refractivity contribution in [1.82, 2.24) is 20.1 Å². The summed E-state index contributed by atoms with van der Waals surface area (Å²) < 4.78 is 5.53. The highest BCUT2D eigenvalue weighted by atomic mass is 35.5. The predicted octanol–water partition coefficient (Wildman–Crippen LogP) is 1.86. The molecule has 1 aromatic heterocycles. The lowest BCUT2D eigenvalue weighted by molar-refractivity contribution is -0.132. The number of carbonyl (C=O) groups excluding carboxylic acids is 1. The van der Waals surface area contributed by atoms with Crippen LogP contribution in [0.15, 0.2) is 34.9 Å². The third kappa shape index (κ3) is 4.35. The summed E-state index contributed by atoms with van der Waals surface area (Å²) in [7, 11) is 1.91. The SMILES string of the molecule is CN(CC(=O)N1CCNCC1)Cc1coc(-c2ccc(Cl)cc2)n1. The molecule has 1 aliphatic rings. The highest BCUT2D eigenvalue weighted by molar-refractivity contribution is 6.30. The molecule has 0 aliphatic carbocycles. The van der Waals surface area contributed by atoms with Crippen LogP contribution in [-0.4, -0.2) is 60.5 Å². The first kappa shape index (κ1) is 17.0. The number of piperazine rings is 1. The lowest BCUT2D eigenvalue weighted by atomic mass is 10.2. The van der Waals surface area contributed by atoms with Crippen LogP contribution in [0.25, 0.3) is 11.5 Å². The Kier molecular flexibility index (Phi) is 5.50. The van der Waals surface area contributed by atoms with E-state index in [1.807, 2.05) is 29.0 Å². The maximum Gasteiger partial charge on any atom is 0.236 e. The fraction of sp³-hybridized carbons (Fsp3) is 0.412. The first-order chi connectivity index (χ1) is 11.6. The Balaban J connectivity index is 1.55. The Morgan fingerprint density at radius 2 is 2.04 bits per heavy atom. The largest absolute Gasteiger partial charge is 0.444 e. The molecule has 0 unspecified atom stereocenters. The number of nitrogens with zero attached hydrogens (tertiary/aromatic N) is 3. The number of oxazole rings is 1. The molecule has 1 N–H and O–H groups in total. The number of nitrogens with one attached hydrogen (secondary N) is 1. The van der Waals surface area contributed by atoms with E-state index in [1.54, 1.807) is 18.4 Å². The summed E-state index contributed by atoms with van der Waals surface area (Å²) in [5, 5.41) is 3.92. The van der Waals surface area contributed by atoms with Gasteiger partial charge in [0, 0.05) is 43.3 Å². The van der Waals surface area contributed by atoms with E-state index in [2.05, 4.69) is 10.3 Å². The molecular formula is C17H21ClN4O2. The molecule has 6 nitrogen and oxygen atoms in total. The highest BCUT2D eigenvalue weighted by Gasteiger charge is 2.18. The van der Waals surface area contributed by atoms with Crippen LogP contribution in [0, 0.1) is 0 Å². The zero-order chi connectivity index (χ0) is 16.9. The lowest BCUT2D eigenvalue weighted by Crippen LogP contribution is -2.49. The number of hydrogen-bond acceptors (Lipinski definition) is 5. The molecule has 1 aliphatic heterocycles. The molecule has 0 radical (unpaired) electrons. The number of rotatable bonds is 5. The first-order valence-corrected chi connectivity index (χ1v) is 8.37. The number of hydrogen-bond donors (Lipinski definition) is 1. The summed E-state index contributed by atoms with van der Waals surface area (Å²) >= 11 is 5.89. The van der Waals surface area contributed by atoms with Crippen molar-refractivity contribution in [2.45, 2.75) is 6.54 Å². The average molecular weight is 349 g/mol. The maximum absolute atomic E-state index is 12.3. The topological polar surface area (TPSA) is 61.6 Å². The van der Waals surface area contributed by atoms with Crippen LogP contribution in [0.1, 0.15) is 5.69 Å². The van der Waals surface area contributed by atoms with Crippen molar-refractivity contribution in [1.29, 1.82) is 0 Å². The fourth-order valence-corrected chi connectivity index (χ4v) is 2.81. The molecule has 0 atom stereocenters. The summed E-state index contributed by atoms with van der Waals surface area (Å²) in [4.78, 5) is 20.6. The van der Waals surface area contributed by atoms with Gasteiger partial charge in [-0.25, -0.2) is 4.98 Å². The van der Waals surface area contributed by atoms with Gasteiger partial charge < -0.3 is 14.6 Å². The van der Waals surface area contributed by atoms with E-state index in [0.717, 1.165) is 37.4 Å². The van der Waals surface area contributed by atoms with Gasteiger partial charge in [0.15, 0.2) is 0 Å². The molecule has 0 saturated carbocycles. The van der Waals surface area contributed by atoms with Crippen molar-refractivity contribution < 1.29 is 9.21 Å². The van der Waals surface area contributed by atoms with E-state index >= 15 is 0 Å². The third-order valence-corrected chi connectivity index (χ3v) is 4.20. The standard InChI is InChI=1S/C17H21ClN4O2/c1-21(11-16(23)22-8-6-19-7-9-22)10-15-12-24-17(20-15)13-2-4-14(18)5-3-13/h2-5,12,19H,6-11H2,1H3. The van der Waals surface area contributed by atoms with Gasteiger partial charge in [-0.15, -0.1) is 0 Å². The van der Waals surface area contributed by atoms with Gasteiger partial charge >= 0.3 is 0 Å². The zero-order valence-corrected chi connectivity index (χ0v) is 14.4. The average Bonchev–Trinajstić information content (AvgIpc) is 3.04. The van der Waals surface area contributed by atoms with Crippen LogP contribution in [0.3, 0.4) is 0 Å². The smallest absolute Gasteiger partial charge is 0.236 e. The van der Waals surface area contributed by atoms with E-state index in [1.165, 1.54) is 0 Å². The Bertz CT molecular complexity index is 680. The van der Waals surface area contributed by atoms with Gasteiger partial charge in [-0.1, -0.05) is 11.6 Å². The Morgan fingerprint density at radius 3 is 2.75 bits per heavy atom. The van der Waals surface area contributed by atoms with E-state index < -0.39 is 0 Å². The Labute approximate surface area is 146 Å². The molecule has 1 fully saturated rings. The number of amides is 1. The van der Waals surface area contributed by atoms with Crippen molar-refractivity contribution in [3.05, 3.63) is 41.2 Å². The van der Waals surface area contributed by atoms with Crippen LogP contribution < -0.4 is 5.32 Å². The maximum atomic E-state index is 12.3. The number of benzene rings is 1. The molecule has 2 aromatic rings. The normalized spacial score (nSPS) is 15.0. The monoisotopic (exact) mass is 348 g/mol. The second-order valence-corrected chi connectivity index (χ2v) is 6.39. The summed E-state index contributed by atoms with van der Waals surface area (Å²) in [5.74, 6) is 0.712. The second kappa shape index (κ2) is 7.79. The van der Waals surface area contributed by atoms with Crippen molar-refractivity contribution in [2.75, 3.05) is 39.8 Å². The van der Waals surface area contributed by atoms with Gasteiger partial charge in [0.05, 0.1) is 12.2 Å². The molecule has 3 rings (SSSR count). The highest BCUT2D eigenvalue weighted by Crippen LogP contribution is 2.21. The third-order valence-electron chi connectivity index (χ3n) is 3.95. The molecule has 1 aromatic carbocycles. The molecule has 1 amide bonds. The second-order valence-electron chi connectivity index (χ2n) is 5.95. The Hall–Kier alpha value is -1.89. The van der Waals surface area contributed by atoms with Crippen molar-refractivity contribution in [2.24, 2.45) is 0 Å². The number of aromatic nitrogens is 1. The number of halogens is 1. The molecule has 128 valence electrons. The fourth-order valence-electron chi connectivity index (χ4n) is 2.68. The van der Waals surface area contributed by atoms with Crippen molar-refractivity contribution in [3.8, 4) is 11.5 Å². The van der Waals surface area contributed by atoms with Gasteiger partial charge in [-0.05, 0) is 31.3 Å². The minimum Gasteiger partial charge on any atom is -0.444 e. The number of carbonyl (C=O) groups is 1. The van der Waals surface area contributed by atoms with E-state index in [4.69, 9.17) is 16.0 Å². The quantitative estimate of drug-likeness (QED) is 0.893. The lowest BCUT2D eigenvalue weighted by Gasteiger charge is -2.29. The minimum atomic E-state index is 0.153. The molecule has 24 heavy (non-hydrogen) atoms. The van der Waals surface area contributed by atoms with Crippen molar-refractivity contribution >= 4 is 17.5 Å². The molecule has 0 bridgehead atoms. The Morgan fingerprint density at radius 1 is 1.33 bits per heavy atom. The van der Waals surface area contributed by atoms with Gasteiger partial charge in [-0.3, -0.25) is 9.69 Å². The molecule has 2 heterocycles. The van der Waals surface area contributed by atoms with E-state index in [0.29, 0.717) is 24.0 Å². The van der Waals surface area contributed by atoms with Gasteiger partial charge in [0.1, 0.15) is 6.26 Å². The van der Waals surface area contributed by atoms with Crippen LogP contribution in [0.5, 0.6) is 0 Å². The summed E-state index contributed by atoms with van der Waals surface area (Å²) in [5.41, 5.74) is 1.68. The van der Waals surface area contributed by atoms with Gasteiger partial charge in [0.2, 0.25) is 11.8 Å². The van der Waals surface area contributed by atoms with Crippen LogP contribution in [-0.2, 0) is 11.3 Å². The van der Waals surface area contributed by atoms with E-state index in [-0.39, 0.29) is 5.91 Å². The molecule has 7 heteroatoms.